The number of para-hydroxylation sites is 1. The van der Waals surface area contributed by atoms with Gasteiger partial charge in [0, 0.05) is 6.04 Å². The molecule has 8 heteroatoms. The van der Waals surface area contributed by atoms with Crippen molar-refractivity contribution in [3.05, 3.63) is 58.9 Å². The fraction of sp³-hybridized carbons (Fsp3) is 0.350. The second-order valence-electron chi connectivity index (χ2n) is 6.89. The third-order valence-electron chi connectivity index (χ3n) is 4.79. The Bertz CT molecular complexity index is 958. The molecule has 1 aliphatic carbocycles. The second kappa shape index (κ2) is 9.03. The van der Waals surface area contributed by atoms with Crippen LogP contribution in [0.25, 0.3) is 0 Å². The molecule has 2 aromatic carbocycles. The number of hydrogen-bond acceptors (Lipinski definition) is 3. The van der Waals surface area contributed by atoms with Gasteiger partial charge in [-0.3, -0.25) is 4.79 Å². The van der Waals surface area contributed by atoms with E-state index in [0.717, 1.165) is 50.7 Å². The molecule has 1 fully saturated rings. The highest BCUT2D eigenvalue weighted by Crippen LogP contribution is 2.24. The summed E-state index contributed by atoms with van der Waals surface area (Å²) in [6, 6.07) is 9.61. The summed E-state index contributed by atoms with van der Waals surface area (Å²) in [6.07, 6.45) is 5.70. The van der Waals surface area contributed by atoms with Crippen molar-refractivity contribution in [2.24, 2.45) is 0 Å². The number of rotatable bonds is 5. The van der Waals surface area contributed by atoms with Gasteiger partial charge in [-0.25, -0.2) is 17.5 Å². The lowest BCUT2D eigenvalue weighted by molar-refractivity contribution is 0.102. The SMILES string of the molecule is O=C(Nc1ccccc1Cl)c1cc(S(=O)(=O)NC2CCCCCC2)ccc1F. The van der Waals surface area contributed by atoms with Crippen molar-refractivity contribution in [3.8, 4) is 0 Å². The van der Waals surface area contributed by atoms with Gasteiger partial charge in [0.2, 0.25) is 10.0 Å². The number of sulfonamides is 1. The third kappa shape index (κ3) is 5.10. The Balaban J connectivity index is 1.82. The van der Waals surface area contributed by atoms with Gasteiger partial charge < -0.3 is 5.32 Å². The molecule has 1 amide bonds. The largest absolute Gasteiger partial charge is 0.321 e. The summed E-state index contributed by atoms with van der Waals surface area (Å²) in [4.78, 5) is 12.3. The minimum atomic E-state index is -3.85. The summed E-state index contributed by atoms with van der Waals surface area (Å²) < 4.78 is 42.4. The molecular formula is C20H22ClFN2O3S. The molecule has 0 unspecified atom stereocenters. The van der Waals surface area contributed by atoms with Gasteiger partial charge in [0.15, 0.2) is 0 Å². The number of carbonyl (C=O) groups excluding carboxylic acids is 1. The first kappa shape index (κ1) is 20.8. The topological polar surface area (TPSA) is 75.3 Å². The van der Waals surface area contributed by atoms with E-state index in [1.807, 2.05) is 0 Å². The molecule has 28 heavy (non-hydrogen) atoms. The van der Waals surface area contributed by atoms with Crippen molar-refractivity contribution in [2.45, 2.75) is 49.5 Å². The number of amides is 1. The number of hydrogen-bond donors (Lipinski definition) is 2. The zero-order valence-corrected chi connectivity index (χ0v) is 16.8. The van der Waals surface area contributed by atoms with Crippen molar-refractivity contribution in [1.29, 1.82) is 0 Å². The number of carbonyl (C=O) groups is 1. The summed E-state index contributed by atoms with van der Waals surface area (Å²) in [7, 11) is -3.85. The molecule has 0 atom stereocenters. The highest BCUT2D eigenvalue weighted by Gasteiger charge is 2.23. The average Bonchev–Trinajstić information content (AvgIpc) is 2.92. The zero-order valence-electron chi connectivity index (χ0n) is 15.3. The highest BCUT2D eigenvalue weighted by atomic mass is 35.5. The van der Waals surface area contributed by atoms with E-state index in [1.165, 1.54) is 6.07 Å². The van der Waals surface area contributed by atoms with Crippen LogP contribution in [-0.4, -0.2) is 20.4 Å². The maximum absolute atomic E-state index is 14.2. The number of nitrogens with one attached hydrogen (secondary N) is 2. The maximum Gasteiger partial charge on any atom is 0.258 e. The molecule has 0 aliphatic heterocycles. The van der Waals surface area contributed by atoms with Crippen LogP contribution in [0.2, 0.25) is 5.02 Å². The molecule has 1 saturated carbocycles. The van der Waals surface area contributed by atoms with Gasteiger partial charge in [0.1, 0.15) is 5.82 Å². The Hall–Kier alpha value is -1.96. The predicted octanol–water partition coefficient (Wildman–Crippen LogP) is 4.73. The van der Waals surface area contributed by atoms with Gasteiger partial charge in [-0.1, -0.05) is 49.4 Å². The van der Waals surface area contributed by atoms with E-state index in [2.05, 4.69) is 10.0 Å². The van der Waals surface area contributed by atoms with Crippen LogP contribution in [-0.2, 0) is 10.0 Å². The van der Waals surface area contributed by atoms with E-state index in [9.17, 15) is 17.6 Å². The molecule has 1 aliphatic rings. The maximum atomic E-state index is 14.2. The molecule has 0 saturated heterocycles. The van der Waals surface area contributed by atoms with Crippen molar-refractivity contribution in [2.75, 3.05) is 5.32 Å². The summed E-state index contributed by atoms with van der Waals surface area (Å²) in [6.45, 7) is 0. The van der Waals surface area contributed by atoms with E-state index < -0.39 is 21.7 Å². The number of halogens is 2. The summed E-state index contributed by atoms with van der Waals surface area (Å²) in [5.41, 5.74) is -0.0398. The first-order chi connectivity index (χ1) is 13.4. The van der Waals surface area contributed by atoms with E-state index >= 15 is 0 Å². The van der Waals surface area contributed by atoms with Crippen molar-refractivity contribution >= 4 is 33.2 Å². The van der Waals surface area contributed by atoms with Crippen LogP contribution in [0.15, 0.2) is 47.4 Å². The van der Waals surface area contributed by atoms with Gasteiger partial charge in [-0.05, 0) is 43.2 Å². The van der Waals surface area contributed by atoms with Crippen LogP contribution in [0.4, 0.5) is 10.1 Å². The lowest BCUT2D eigenvalue weighted by atomic mass is 10.1. The van der Waals surface area contributed by atoms with Gasteiger partial charge in [-0.15, -0.1) is 0 Å². The molecule has 2 N–H and O–H groups in total. The highest BCUT2D eigenvalue weighted by molar-refractivity contribution is 7.89. The molecule has 0 bridgehead atoms. The van der Waals surface area contributed by atoms with Crippen molar-refractivity contribution < 1.29 is 17.6 Å². The first-order valence-corrected chi connectivity index (χ1v) is 11.1. The molecule has 2 aromatic rings. The Morgan fingerprint density at radius 1 is 1.04 bits per heavy atom. The Morgan fingerprint density at radius 2 is 1.71 bits per heavy atom. The summed E-state index contributed by atoms with van der Waals surface area (Å²) in [5, 5.41) is 2.81. The van der Waals surface area contributed by atoms with Gasteiger partial charge in [0.05, 0.1) is 21.2 Å². The molecule has 0 spiro atoms. The lowest BCUT2D eigenvalue weighted by Gasteiger charge is -2.17. The fourth-order valence-electron chi connectivity index (χ4n) is 3.28. The zero-order chi connectivity index (χ0) is 20.1. The Morgan fingerprint density at radius 3 is 2.39 bits per heavy atom. The summed E-state index contributed by atoms with van der Waals surface area (Å²) in [5.74, 6) is -1.57. The third-order valence-corrected chi connectivity index (χ3v) is 6.64. The smallest absolute Gasteiger partial charge is 0.258 e. The standard InChI is InChI=1S/C20H22ClFN2O3S/c21-17-9-5-6-10-19(17)23-20(25)16-13-15(11-12-18(16)22)28(26,27)24-14-7-3-1-2-4-8-14/h5-6,9-14,24H,1-4,7-8H2,(H,23,25). The number of anilines is 1. The Labute approximate surface area is 169 Å². The molecule has 3 rings (SSSR count). The minimum absolute atomic E-state index is 0.137. The van der Waals surface area contributed by atoms with Gasteiger partial charge in [0.25, 0.3) is 5.91 Å². The van der Waals surface area contributed by atoms with Crippen LogP contribution in [0.5, 0.6) is 0 Å². The van der Waals surface area contributed by atoms with Crippen LogP contribution >= 0.6 is 11.6 Å². The first-order valence-electron chi connectivity index (χ1n) is 9.24. The van der Waals surface area contributed by atoms with Gasteiger partial charge >= 0.3 is 0 Å². The quantitative estimate of drug-likeness (QED) is 0.681. The second-order valence-corrected chi connectivity index (χ2v) is 9.01. The lowest BCUT2D eigenvalue weighted by Crippen LogP contribution is -2.34. The summed E-state index contributed by atoms with van der Waals surface area (Å²) >= 11 is 6.01. The minimum Gasteiger partial charge on any atom is -0.321 e. The molecule has 5 nitrogen and oxygen atoms in total. The molecular weight excluding hydrogens is 403 g/mol. The van der Waals surface area contributed by atoms with Crippen LogP contribution in [0.3, 0.4) is 0 Å². The van der Waals surface area contributed by atoms with E-state index in [1.54, 1.807) is 24.3 Å². The normalized spacial score (nSPS) is 15.8. The van der Waals surface area contributed by atoms with Crippen molar-refractivity contribution in [3.63, 3.8) is 0 Å². The monoisotopic (exact) mass is 424 g/mol. The average molecular weight is 425 g/mol. The molecule has 0 heterocycles. The van der Waals surface area contributed by atoms with Gasteiger partial charge in [-0.2, -0.15) is 0 Å². The van der Waals surface area contributed by atoms with Crippen LogP contribution < -0.4 is 10.0 Å². The predicted molar refractivity (Wildman–Crippen MR) is 108 cm³/mol. The number of benzene rings is 2. The van der Waals surface area contributed by atoms with Crippen LogP contribution in [0.1, 0.15) is 48.9 Å². The van der Waals surface area contributed by atoms with E-state index in [0.29, 0.717) is 10.7 Å². The van der Waals surface area contributed by atoms with Crippen LogP contribution in [0, 0.1) is 5.82 Å². The molecule has 0 radical (unpaired) electrons. The molecule has 0 aromatic heterocycles. The van der Waals surface area contributed by atoms with Crippen molar-refractivity contribution in [1.82, 2.24) is 4.72 Å². The Kier molecular flexibility index (Phi) is 6.69. The fourth-order valence-corrected chi connectivity index (χ4v) is 4.80. The van der Waals surface area contributed by atoms with E-state index in [4.69, 9.17) is 11.6 Å². The van der Waals surface area contributed by atoms with E-state index in [-0.39, 0.29) is 16.5 Å². The molecule has 150 valence electrons.